The summed E-state index contributed by atoms with van der Waals surface area (Å²) in [7, 11) is 0. The molecule has 1 aliphatic heterocycles. The Morgan fingerprint density at radius 3 is 1.67 bits per heavy atom. The van der Waals surface area contributed by atoms with E-state index < -0.39 is 5.41 Å². The van der Waals surface area contributed by atoms with Crippen LogP contribution < -0.4 is 9.64 Å². The fourth-order valence-electron chi connectivity index (χ4n) is 10.4. The third kappa shape index (κ3) is 4.54. The van der Waals surface area contributed by atoms with E-state index in [1.165, 1.54) is 38.9 Å². The summed E-state index contributed by atoms with van der Waals surface area (Å²) in [5.41, 5.74) is 14.1. The van der Waals surface area contributed by atoms with E-state index in [4.69, 9.17) is 9.15 Å². The maximum Gasteiger partial charge on any atom is 0.140 e. The van der Waals surface area contributed by atoms with Gasteiger partial charge < -0.3 is 14.1 Å². The topological polar surface area (TPSA) is 25.6 Å². The molecule has 1 aliphatic carbocycles. The average Bonchev–Trinajstić information content (AvgIpc) is 3.83. The first kappa shape index (κ1) is 33.1. The number of benzene rings is 10. The Bertz CT molecular complexity index is 3440. The van der Waals surface area contributed by atoms with Crippen LogP contribution in [0, 0.1) is 0 Å². The van der Waals surface area contributed by atoms with Gasteiger partial charge in [-0.05, 0) is 86.6 Å². The van der Waals surface area contributed by atoms with Crippen LogP contribution in [0.3, 0.4) is 0 Å². The van der Waals surface area contributed by atoms with Crippen molar-refractivity contribution >= 4 is 60.5 Å². The van der Waals surface area contributed by atoms with Gasteiger partial charge >= 0.3 is 0 Å². The normalized spacial score (nSPS) is 13.3. The first-order chi connectivity index (χ1) is 29.8. The number of hydrogen-bond acceptors (Lipinski definition) is 3. The molecule has 1 spiro atoms. The van der Waals surface area contributed by atoms with E-state index in [9.17, 15) is 0 Å². The van der Waals surface area contributed by atoms with Crippen molar-refractivity contribution in [2.45, 2.75) is 5.41 Å². The molecule has 0 bridgehead atoms. The third-order valence-corrected chi connectivity index (χ3v) is 12.9. The fourth-order valence-corrected chi connectivity index (χ4v) is 10.4. The van der Waals surface area contributed by atoms with Gasteiger partial charge in [-0.2, -0.15) is 0 Å². The summed E-state index contributed by atoms with van der Waals surface area (Å²) < 4.78 is 13.5. The highest BCUT2D eigenvalue weighted by Gasteiger charge is 2.52. The zero-order chi connectivity index (χ0) is 39.4. The minimum atomic E-state index is -0.599. The molecule has 2 aliphatic rings. The van der Waals surface area contributed by atoms with Gasteiger partial charge in [0.05, 0.1) is 5.41 Å². The Labute approximate surface area is 347 Å². The van der Waals surface area contributed by atoms with Crippen LogP contribution in [-0.2, 0) is 5.41 Å². The molecule has 0 N–H and O–H groups in total. The molecule has 13 rings (SSSR count). The van der Waals surface area contributed by atoms with Crippen LogP contribution in [0.4, 0.5) is 17.1 Å². The lowest BCUT2D eigenvalue weighted by molar-refractivity contribution is 0.447. The molecule has 0 saturated heterocycles. The minimum absolute atomic E-state index is 0.599. The molecule has 0 radical (unpaired) electrons. The second kappa shape index (κ2) is 12.6. The van der Waals surface area contributed by atoms with Gasteiger partial charge in [0.25, 0.3) is 0 Å². The minimum Gasteiger partial charge on any atom is -0.456 e. The van der Waals surface area contributed by atoms with E-state index in [-0.39, 0.29) is 0 Å². The standard InChI is InChI=1S/C57H35NO2/c1-2-15-39(16-3-1)58(41-31-32-46-45-19-9-11-24-52(45)59-53(46)35-41)40-29-25-38(26-30-40)42-21-12-23-49-54(42)47-20-8-10-22-48(47)57(49)50-33-27-36-13-4-6-17-43(36)55(50)60-56-44-18-7-5-14-37(44)28-34-51(56)57/h1-35H. The second-order valence-electron chi connectivity index (χ2n) is 15.9. The summed E-state index contributed by atoms with van der Waals surface area (Å²) in [5, 5.41) is 6.81. The van der Waals surface area contributed by atoms with Gasteiger partial charge in [0.15, 0.2) is 0 Å². The number of furan rings is 1. The van der Waals surface area contributed by atoms with Gasteiger partial charge in [-0.1, -0.05) is 164 Å². The van der Waals surface area contributed by atoms with Gasteiger partial charge in [0, 0.05) is 55.8 Å². The zero-order valence-electron chi connectivity index (χ0n) is 32.5. The van der Waals surface area contributed by atoms with E-state index in [1.807, 2.05) is 12.1 Å². The van der Waals surface area contributed by atoms with E-state index >= 15 is 0 Å². The lowest BCUT2D eigenvalue weighted by atomic mass is 9.65. The van der Waals surface area contributed by atoms with Crippen molar-refractivity contribution < 1.29 is 9.15 Å². The smallest absolute Gasteiger partial charge is 0.140 e. The first-order valence-corrected chi connectivity index (χ1v) is 20.6. The molecule has 1 aromatic heterocycles. The van der Waals surface area contributed by atoms with Crippen molar-refractivity contribution in [3.05, 3.63) is 235 Å². The highest BCUT2D eigenvalue weighted by molar-refractivity contribution is 6.06. The van der Waals surface area contributed by atoms with E-state index in [1.54, 1.807) is 0 Å². The summed E-state index contributed by atoms with van der Waals surface area (Å²) in [6.07, 6.45) is 0. The molecule has 0 saturated carbocycles. The van der Waals surface area contributed by atoms with Crippen molar-refractivity contribution in [2.75, 3.05) is 4.90 Å². The van der Waals surface area contributed by atoms with Gasteiger partial charge in [0.1, 0.15) is 22.7 Å². The van der Waals surface area contributed by atoms with Gasteiger partial charge in [0.2, 0.25) is 0 Å². The average molecular weight is 766 g/mol. The Morgan fingerprint density at radius 2 is 0.917 bits per heavy atom. The summed E-state index contributed by atoms with van der Waals surface area (Å²) in [6, 6.07) is 76.6. The molecule has 11 aromatic rings. The van der Waals surface area contributed by atoms with Crippen LogP contribution in [0.1, 0.15) is 22.3 Å². The quantitative estimate of drug-likeness (QED) is 0.178. The molecule has 2 heterocycles. The zero-order valence-corrected chi connectivity index (χ0v) is 32.5. The first-order valence-electron chi connectivity index (χ1n) is 20.6. The summed E-state index contributed by atoms with van der Waals surface area (Å²) in [4.78, 5) is 2.31. The molecule has 280 valence electrons. The van der Waals surface area contributed by atoms with E-state index in [0.29, 0.717) is 0 Å². The second-order valence-corrected chi connectivity index (χ2v) is 15.9. The Kier molecular flexibility index (Phi) is 6.93. The predicted octanol–water partition coefficient (Wildman–Crippen LogP) is 15.5. The molecule has 0 atom stereocenters. The lowest BCUT2D eigenvalue weighted by Crippen LogP contribution is -2.32. The van der Waals surface area contributed by atoms with Crippen molar-refractivity contribution in [3.63, 3.8) is 0 Å². The highest BCUT2D eigenvalue weighted by Crippen LogP contribution is 2.65. The van der Waals surface area contributed by atoms with E-state index in [2.05, 4.69) is 205 Å². The number of nitrogens with zero attached hydrogens (tertiary/aromatic N) is 1. The number of para-hydroxylation sites is 2. The highest BCUT2D eigenvalue weighted by atomic mass is 16.5. The molecular formula is C57H35NO2. The van der Waals surface area contributed by atoms with Crippen molar-refractivity contribution in [1.29, 1.82) is 0 Å². The SMILES string of the molecule is c1ccc(N(c2ccc(-c3cccc4c3-c3ccccc3C43c4ccc5ccccc5c4Oc4c3ccc3ccccc43)cc2)c2ccc3c(c2)oc2ccccc23)cc1. The van der Waals surface area contributed by atoms with Gasteiger partial charge in [-0.15, -0.1) is 0 Å². The van der Waals surface area contributed by atoms with Crippen LogP contribution in [0.15, 0.2) is 217 Å². The number of ether oxygens (including phenoxy) is 1. The predicted molar refractivity (Wildman–Crippen MR) is 246 cm³/mol. The largest absolute Gasteiger partial charge is 0.456 e. The Morgan fingerprint density at radius 1 is 0.350 bits per heavy atom. The third-order valence-electron chi connectivity index (χ3n) is 12.9. The molecule has 60 heavy (non-hydrogen) atoms. The van der Waals surface area contributed by atoms with Crippen LogP contribution in [0.5, 0.6) is 11.5 Å². The summed E-state index contributed by atoms with van der Waals surface area (Å²) in [6.45, 7) is 0. The number of anilines is 3. The maximum absolute atomic E-state index is 7.17. The van der Waals surface area contributed by atoms with Crippen LogP contribution in [-0.4, -0.2) is 0 Å². The summed E-state index contributed by atoms with van der Waals surface area (Å²) >= 11 is 0. The maximum atomic E-state index is 7.17. The molecule has 3 nitrogen and oxygen atoms in total. The summed E-state index contributed by atoms with van der Waals surface area (Å²) in [5.74, 6) is 1.85. The van der Waals surface area contributed by atoms with Crippen molar-refractivity contribution in [1.82, 2.24) is 0 Å². The molecular weight excluding hydrogens is 731 g/mol. The van der Waals surface area contributed by atoms with Crippen LogP contribution >= 0.6 is 0 Å². The number of fused-ring (bicyclic) bond motifs is 16. The van der Waals surface area contributed by atoms with Crippen LogP contribution in [0.25, 0.3) is 65.7 Å². The van der Waals surface area contributed by atoms with Gasteiger partial charge in [-0.25, -0.2) is 0 Å². The molecule has 10 aromatic carbocycles. The van der Waals surface area contributed by atoms with Crippen LogP contribution in [0.2, 0.25) is 0 Å². The fraction of sp³-hybridized carbons (Fsp3) is 0.0175. The molecule has 0 fully saturated rings. The molecule has 0 unspecified atom stereocenters. The monoisotopic (exact) mass is 765 g/mol. The molecule has 3 heteroatoms. The van der Waals surface area contributed by atoms with Crippen molar-refractivity contribution in [3.8, 4) is 33.8 Å². The van der Waals surface area contributed by atoms with Crippen molar-refractivity contribution in [2.24, 2.45) is 0 Å². The van der Waals surface area contributed by atoms with E-state index in [0.717, 1.165) is 77.6 Å². The lowest BCUT2D eigenvalue weighted by Gasteiger charge is -2.40. The number of hydrogen-bond donors (Lipinski definition) is 0. The molecule has 0 amide bonds. The number of rotatable bonds is 4. The Balaban J connectivity index is 1.01. The van der Waals surface area contributed by atoms with Gasteiger partial charge in [-0.3, -0.25) is 0 Å². The Hall–Kier alpha value is -7.88.